The van der Waals surface area contributed by atoms with E-state index in [4.69, 9.17) is 17.3 Å². The minimum absolute atomic E-state index is 0.268. The van der Waals surface area contributed by atoms with Gasteiger partial charge < -0.3 is 10.3 Å². The van der Waals surface area contributed by atoms with Gasteiger partial charge in [0.25, 0.3) is 0 Å². The van der Waals surface area contributed by atoms with Gasteiger partial charge >= 0.3 is 0 Å². The topological polar surface area (TPSA) is 43.8 Å². The van der Waals surface area contributed by atoms with Crippen LogP contribution in [0.2, 0.25) is 5.02 Å². The van der Waals surface area contributed by atoms with Crippen LogP contribution in [-0.2, 0) is 6.54 Å². The first-order valence-electron chi connectivity index (χ1n) is 6.13. The third-order valence-corrected chi connectivity index (χ3v) is 5.38. The average molecular weight is 282 g/mol. The van der Waals surface area contributed by atoms with E-state index in [1.165, 1.54) is 18.6 Å². The fourth-order valence-electron chi connectivity index (χ4n) is 2.59. The Balaban J connectivity index is 2.06. The third-order valence-electron chi connectivity index (χ3n) is 3.55. The van der Waals surface area contributed by atoms with Crippen molar-refractivity contribution in [2.45, 2.75) is 31.1 Å². The molecule has 18 heavy (non-hydrogen) atoms. The molecule has 1 unspecified atom stereocenters. The largest absolute Gasteiger partial charge is 0.369 e. The molecule has 1 saturated heterocycles. The number of hydrogen-bond acceptors (Lipinski definition) is 3. The zero-order valence-corrected chi connectivity index (χ0v) is 11.9. The van der Waals surface area contributed by atoms with E-state index < -0.39 is 0 Å². The first kappa shape index (κ1) is 12.2. The molecule has 1 aromatic heterocycles. The lowest BCUT2D eigenvalue weighted by atomic mass is 10.1. The summed E-state index contributed by atoms with van der Waals surface area (Å²) in [4.78, 5) is 4.39. The number of nitrogens with two attached hydrogens (primary N) is 1. The Bertz CT molecular complexity index is 587. The Morgan fingerprint density at radius 3 is 3.11 bits per heavy atom. The Hall–Kier alpha value is -0.870. The Morgan fingerprint density at radius 1 is 1.56 bits per heavy atom. The summed E-state index contributed by atoms with van der Waals surface area (Å²) in [5, 5.41) is 0.669. The van der Waals surface area contributed by atoms with Gasteiger partial charge in [-0.05, 0) is 37.7 Å². The van der Waals surface area contributed by atoms with Crippen LogP contribution in [0.15, 0.2) is 18.2 Å². The number of fused-ring (bicyclic) bond motifs is 1. The maximum absolute atomic E-state index is 6.16. The molecule has 1 aromatic carbocycles. The van der Waals surface area contributed by atoms with Crippen LogP contribution in [0.5, 0.6) is 0 Å². The van der Waals surface area contributed by atoms with Crippen molar-refractivity contribution >= 4 is 40.3 Å². The molecule has 3 rings (SSSR count). The molecule has 1 aliphatic heterocycles. The Kier molecular flexibility index (Phi) is 2.94. The Labute approximate surface area is 116 Å². The van der Waals surface area contributed by atoms with Crippen molar-refractivity contribution in [3.63, 3.8) is 0 Å². The summed E-state index contributed by atoms with van der Waals surface area (Å²) < 4.78 is 2.36. The number of benzene rings is 1. The number of thioether (sulfide) groups is 1. The van der Waals surface area contributed by atoms with E-state index >= 15 is 0 Å². The highest BCUT2D eigenvalue weighted by Gasteiger charge is 2.31. The van der Waals surface area contributed by atoms with E-state index in [2.05, 4.69) is 16.5 Å². The fraction of sp³-hybridized carbons (Fsp3) is 0.462. The maximum Gasteiger partial charge on any atom is 0.201 e. The van der Waals surface area contributed by atoms with Gasteiger partial charge in [-0.2, -0.15) is 11.8 Å². The van der Waals surface area contributed by atoms with Gasteiger partial charge in [-0.15, -0.1) is 0 Å². The van der Waals surface area contributed by atoms with Crippen molar-refractivity contribution in [3.8, 4) is 0 Å². The molecule has 0 amide bonds. The van der Waals surface area contributed by atoms with E-state index in [0.717, 1.165) is 17.6 Å². The molecular weight excluding hydrogens is 266 g/mol. The van der Waals surface area contributed by atoms with Gasteiger partial charge in [0, 0.05) is 11.3 Å². The third kappa shape index (κ3) is 1.97. The van der Waals surface area contributed by atoms with Crippen LogP contribution in [0.25, 0.3) is 11.0 Å². The standard InChI is InChI=1S/C13H16ClN3S/c1-13(6-3-7-18-13)8-17-10-5-2-4-9(14)11(10)16-12(17)15/h2,4-5H,3,6-8H2,1H3,(H2,15,16). The smallest absolute Gasteiger partial charge is 0.201 e. The SMILES string of the molecule is CC1(Cn2c(N)nc3c(Cl)cccc32)CCCS1. The lowest BCUT2D eigenvalue weighted by Gasteiger charge is -2.24. The van der Waals surface area contributed by atoms with E-state index in [1.807, 2.05) is 30.0 Å². The van der Waals surface area contributed by atoms with Crippen molar-refractivity contribution in [1.29, 1.82) is 0 Å². The van der Waals surface area contributed by atoms with Crippen molar-refractivity contribution in [1.82, 2.24) is 9.55 Å². The number of nitrogen functional groups attached to an aromatic ring is 1. The highest BCUT2D eigenvalue weighted by Crippen LogP contribution is 2.40. The van der Waals surface area contributed by atoms with Gasteiger partial charge in [0.15, 0.2) is 0 Å². The second kappa shape index (κ2) is 4.35. The second-order valence-electron chi connectivity index (χ2n) is 5.07. The molecule has 1 fully saturated rings. The molecule has 2 N–H and O–H groups in total. The number of halogens is 1. The van der Waals surface area contributed by atoms with Gasteiger partial charge in [-0.1, -0.05) is 17.7 Å². The van der Waals surface area contributed by atoms with Gasteiger partial charge in [0.2, 0.25) is 5.95 Å². The lowest BCUT2D eigenvalue weighted by Crippen LogP contribution is -2.24. The number of anilines is 1. The van der Waals surface area contributed by atoms with Crippen LogP contribution >= 0.6 is 23.4 Å². The summed E-state index contributed by atoms with van der Waals surface area (Å²) >= 11 is 8.18. The zero-order valence-electron chi connectivity index (χ0n) is 10.3. The van der Waals surface area contributed by atoms with Crippen LogP contribution in [-0.4, -0.2) is 20.1 Å². The van der Waals surface area contributed by atoms with Crippen LogP contribution in [0.1, 0.15) is 19.8 Å². The second-order valence-corrected chi connectivity index (χ2v) is 7.16. The van der Waals surface area contributed by atoms with E-state index in [0.29, 0.717) is 11.0 Å². The lowest BCUT2D eigenvalue weighted by molar-refractivity contribution is 0.522. The molecule has 0 saturated carbocycles. The molecular formula is C13H16ClN3S. The molecule has 96 valence electrons. The highest BCUT2D eigenvalue weighted by atomic mass is 35.5. The van der Waals surface area contributed by atoms with Gasteiger partial charge in [-0.25, -0.2) is 4.98 Å². The minimum atomic E-state index is 0.268. The molecule has 2 heterocycles. The van der Waals surface area contributed by atoms with Crippen molar-refractivity contribution < 1.29 is 0 Å². The highest BCUT2D eigenvalue weighted by molar-refractivity contribution is 8.00. The average Bonchev–Trinajstić information content (AvgIpc) is 2.88. The van der Waals surface area contributed by atoms with Crippen molar-refractivity contribution in [2.75, 3.05) is 11.5 Å². The van der Waals surface area contributed by atoms with Gasteiger partial charge in [-0.3, -0.25) is 0 Å². The predicted molar refractivity (Wildman–Crippen MR) is 79.3 cm³/mol. The first-order chi connectivity index (χ1) is 8.59. The zero-order chi connectivity index (χ0) is 12.8. The molecule has 5 heteroatoms. The fourth-order valence-corrected chi connectivity index (χ4v) is 4.10. The van der Waals surface area contributed by atoms with E-state index in [1.54, 1.807) is 0 Å². The maximum atomic E-state index is 6.16. The number of nitrogens with zero attached hydrogens (tertiary/aromatic N) is 2. The number of aromatic nitrogens is 2. The van der Waals surface area contributed by atoms with Crippen molar-refractivity contribution in [3.05, 3.63) is 23.2 Å². The Morgan fingerprint density at radius 2 is 2.39 bits per heavy atom. The number of rotatable bonds is 2. The summed E-state index contributed by atoms with van der Waals surface area (Å²) in [5.74, 6) is 1.80. The quantitative estimate of drug-likeness (QED) is 0.915. The normalized spacial score (nSPS) is 23.9. The summed E-state index contributed by atoms with van der Waals surface area (Å²) in [7, 11) is 0. The molecule has 1 atom stereocenters. The summed E-state index contributed by atoms with van der Waals surface area (Å²) in [6.45, 7) is 3.21. The van der Waals surface area contributed by atoms with Gasteiger partial charge in [0.1, 0.15) is 5.52 Å². The number of para-hydroxylation sites is 1. The molecule has 1 aliphatic rings. The number of hydrogen-bond donors (Lipinski definition) is 1. The molecule has 0 bridgehead atoms. The van der Waals surface area contributed by atoms with E-state index in [9.17, 15) is 0 Å². The van der Waals surface area contributed by atoms with Crippen LogP contribution in [0, 0.1) is 0 Å². The molecule has 2 aromatic rings. The molecule has 3 nitrogen and oxygen atoms in total. The summed E-state index contributed by atoms with van der Waals surface area (Å²) in [6, 6.07) is 5.84. The summed E-state index contributed by atoms with van der Waals surface area (Å²) in [5.41, 5.74) is 7.89. The van der Waals surface area contributed by atoms with Crippen LogP contribution in [0.3, 0.4) is 0 Å². The van der Waals surface area contributed by atoms with E-state index in [-0.39, 0.29) is 4.75 Å². The van der Waals surface area contributed by atoms with Gasteiger partial charge in [0.05, 0.1) is 10.5 Å². The monoisotopic (exact) mass is 281 g/mol. The summed E-state index contributed by atoms with van der Waals surface area (Å²) in [6.07, 6.45) is 2.52. The van der Waals surface area contributed by atoms with Crippen molar-refractivity contribution in [2.24, 2.45) is 0 Å². The predicted octanol–water partition coefficient (Wildman–Crippen LogP) is 3.56. The molecule has 0 aliphatic carbocycles. The minimum Gasteiger partial charge on any atom is -0.369 e. The molecule has 0 radical (unpaired) electrons. The molecule has 0 spiro atoms. The van der Waals surface area contributed by atoms with Crippen LogP contribution in [0.4, 0.5) is 5.95 Å². The van der Waals surface area contributed by atoms with Crippen LogP contribution < -0.4 is 5.73 Å². The first-order valence-corrected chi connectivity index (χ1v) is 7.50. The number of imidazole rings is 1.